The van der Waals surface area contributed by atoms with Crippen molar-refractivity contribution < 1.29 is 10.4 Å². The molecule has 0 fully saturated rings. The Morgan fingerprint density at radius 2 is 1.75 bits per heavy atom. The predicted octanol–water partition coefficient (Wildman–Crippen LogP) is -1.04. The average Bonchev–Trinajstić information content (AvgIpc) is 1.65. The van der Waals surface area contributed by atoms with Gasteiger partial charge in [-0.25, -0.2) is 0 Å². The molecule has 0 spiro atoms. The van der Waals surface area contributed by atoms with E-state index in [2.05, 4.69) is 19.3 Å². The van der Waals surface area contributed by atoms with Crippen molar-refractivity contribution in [2.24, 2.45) is 0 Å². The molecule has 0 rings (SSSR count). The van der Waals surface area contributed by atoms with Crippen molar-refractivity contribution >= 4 is 0 Å². The lowest BCUT2D eigenvalue weighted by molar-refractivity contribution is -0.623. The molecule has 0 aliphatic rings. The van der Waals surface area contributed by atoms with E-state index in [0.29, 0.717) is 0 Å². The molecular formula is C3H10N2O3. The zero-order valence-electron chi connectivity index (χ0n) is 4.96. The van der Waals surface area contributed by atoms with Crippen molar-refractivity contribution in [3.63, 3.8) is 0 Å². The summed E-state index contributed by atoms with van der Waals surface area (Å²) >= 11 is 0. The lowest BCUT2D eigenvalue weighted by Crippen LogP contribution is -2.78. The molecule has 0 aromatic heterocycles. The summed E-state index contributed by atoms with van der Waals surface area (Å²) < 4.78 is 0. The maximum absolute atomic E-state index is 8.25. The molecule has 0 saturated heterocycles. The zero-order valence-corrected chi connectivity index (χ0v) is 4.96. The molecule has 0 saturated carbocycles. The van der Waals surface area contributed by atoms with Crippen LogP contribution in [0.15, 0.2) is 0 Å². The predicted molar refractivity (Wildman–Crippen MR) is 28.8 cm³/mol. The van der Waals surface area contributed by atoms with E-state index in [1.54, 1.807) is 0 Å². The van der Waals surface area contributed by atoms with E-state index < -0.39 is 5.09 Å². The first-order valence-electron chi connectivity index (χ1n) is 2.24. The first kappa shape index (κ1) is 10.2. The lowest BCUT2D eigenvalue weighted by Gasteiger charge is -1.74. The van der Waals surface area contributed by atoms with Crippen LogP contribution in [-0.4, -0.2) is 18.7 Å². The van der Waals surface area contributed by atoms with Crippen LogP contribution in [0.2, 0.25) is 0 Å². The normalized spacial score (nSPS) is 6.75. The third kappa shape index (κ3) is 3490. The van der Waals surface area contributed by atoms with Gasteiger partial charge in [0.1, 0.15) is 0 Å². The molecule has 50 valence electrons. The SMILES string of the molecule is CC[NH2+]C.O=[N+]([O-])[O-]. The van der Waals surface area contributed by atoms with Crippen molar-refractivity contribution in [3.05, 3.63) is 15.3 Å². The van der Waals surface area contributed by atoms with Crippen LogP contribution in [0.3, 0.4) is 0 Å². The van der Waals surface area contributed by atoms with Crippen LogP contribution in [0.1, 0.15) is 6.92 Å². The molecule has 0 unspecified atom stereocenters. The number of rotatable bonds is 1. The highest BCUT2D eigenvalue weighted by atomic mass is 16.9. The molecule has 0 amide bonds. The number of hydrogen-bond acceptors (Lipinski definition) is 3. The zero-order chi connectivity index (χ0) is 6.99. The standard InChI is InChI=1S/C3H9N.NO3/c1-3-4-2;2-1(3)4/h4H,3H2,1-2H3;/q;-1/p+1. The molecule has 0 atom stereocenters. The Hall–Kier alpha value is -0.840. The van der Waals surface area contributed by atoms with Crippen molar-refractivity contribution in [2.75, 3.05) is 13.6 Å². The van der Waals surface area contributed by atoms with Gasteiger partial charge in [0.15, 0.2) is 0 Å². The molecule has 8 heavy (non-hydrogen) atoms. The van der Waals surface area contributed by atoms with Crippen LogP contribution in [0.4, 0.5) is 0 Å². The van der Waals surface area contributed by atoms with E-state index in [9.17, 15) is 0 Å². The highest BCUT2D eigenvalue weighted by molar-refractivity contribution is 4.03. The van der Waals surface area contributed by atoms with Crippen molar-refractivity contribution in [2.45, 2.75) is 6.92 Å². The van der Waals surface area contributed by atoms with E-state index in [1.165, 1.54) is 6.54 Å². The summed E-state index contributed by atoms with van der Waals surface area (Å²) in [4.78, 5) is 8.25. The van der Waals surface area contributed by atoms with Crippen molar-refractivity contribution in [1.29, 1.82) is 0 Å². The van der Waals surface area contributed by atoms with Crippen LogP contribution in [0.5, 0.6) is 0 Å². The van der Waals surface area contributed by atoms with Crippen LogP contribution < -0.4 is 5.32 Å². The number of nitrogens with two attached hydrogens (primary N) is 1. The number of nitrogens with zero attached hydrogens (tertiary/aromatic N) is 1. The van der Waals surface area contributed by atoms with Crippen molar-refractivity contribution in [1.82, 2.24) is 0 Å². The van der Waals surface area contributed by atoms with Gasteiger partial charge in [-0.05, 0) is 6.92 Å². The first-order chi connectivity index (χ1) is 3.65. The fraction of sp³-hybridized carbons (Fsp3) is 1.00. The van der Waals surface area contributed by atoms with Crippen LogP contribution >= 0.6 is 0 Å². The molecule has 0 aliphatic carbocycles. The minimum atomic E-state index is -1.75. The minimum absolute atomic E-state index is 1.19. The molecule has 0 aliphatic heterocycles. The van der Waals surface area contributed by atoms with E-state index in [0.717, 1.165) is 0 Å². The second-order valence-corrected chi connectivity index (χ2v) is 1.04. The van der Waals surface area contributed by atoms with Gasteiger partial charge in [0.2, 0.25) is 0 Å². The van der Waals surface area contributed by atoms with Gasteiger partial charge >= 0.3 is 0 Å². The summed E-state index contributed by atoms with van der Waals surface area (Å²) in [6.07, 6.45) is 0. The highest BCUT2D eigenvalue weighted by Gasteiger charge is 1.54. The van der Waals surface area contributed by atoms with E-state index in [-0.39, 0.29) is 0 Å². The van der Waals surface area contributed by atoms with Gasteiger partial charge in [0.05, 0.1) is 18.7 Å². The summed E-state index contributed by atoms with van der Waals surface area (Å²) in [5.74, 6) is 0. The minimum Gasteiger partial charge on any atom is -0.356 e. The van der Waals surface area contributed by atoms with E-state index >= 15 is 0 Å². The fourth-order valence-corrected chi connectivity index (χ4v) is 0. The number of hydrogen-bond donors (Lipinski definition) is 1. The second kappa shape index (κ2) is 9.48. The van der Waals surface area contributed by atoms with E-state index in [1.807, 2.05) is 0 Å². The molecule has 5 heteroatoms. The third-order valence-electron chi connectivity index (χ3n) is 0.408. The van der Waals surface area contributed by atoms with Gasteiger partial charge in [-0.15, -0.1) is 0 Å². The smallest absolute Gasteiger partial charge is 0.0724 e. The summed E-state index contributed by atoms with van der Waals surface area (Å²) in [6.45, 7) is 3.32. The maximum atomic E-state index is 8.25. The Kier molecular flexibility index (Phi) is 12.1. The quantitative estimate of drug-likeness (QED) is 0.356. The van der Waals surface area contributed by atoms with Gasteiger partial charge in [-0.2, -0.15) is 0 Å². The summed E-state index contributed by atoms with van der Waals surface area (Å²) in [5, 5.41) is 16.9. The van der Waals surface area contributed by atoms with E-state index in [4.69, 9.17) is 15.3 Å². The molecule has 0 aromatic carbocycles. The van der Waals surface area contributed by atoms with Gasteiger partial charge in [0.25, 0.3) is 0 Å². The number of quaternary nitrogens is 1. The van der Waals surface area contributed by atoms with Gasteiger partial charge in [-0.1, -0.05) is 0 Å². The first-order valence-corrected chi connectivity index (χ1v) is 2.24. The molecular weight excluding hydrogens is 112 g/mol. The molecule has 0 radical (unpaired) electrons. The second-order valence-electron chi connectivity index (χ2n) is 1.04. The summed E-state index contributed by atoms with van der Waals surface area (Å²) in [7, 11) is 2.06. The molecule has 0 bridgehead atoms. The van der Waals surface area contributed by atoms with Crippen LogP contribution in [-0.2, 0) is 0 Å². The molecule has 0 aromatic rings. The fourth-order valence-electron chi connectivity index (χ4n) is 0. The maximum Gasteiger partial charge on any atom is 0.0724 e. The largest absolute Gasteiger partial charge is 0.356 e. The Bertz CT molecular complexity index is 50.5. The summed E-state index contributed by atoms with van der Waals surface area (Å²) in [5.41, 5.74) is 0. The average molecular weight is 122 g/mol. The topological polar surface area (TPSA) is 82.8 Å². The lowest BCUT2D eigenvalue weighted by atomic mass is 10.8. The molecule has 5 nitrogen and oxygen atoms in total. The third-order valence-corrected chi connectivity index (χ3v) is 0.408. The summed E-state index contributed by atoms with van der Waals surface area (Å²) in [6, 6.07) is 0. The molecule has 2 N–H and O–H groups in total. The monoisotopic (exact) mass is 122 g/mol. The van der Waals surface area contributed by atoms with Crippen LogP contribution in [0, 0.1) is 15.3 Å². The molecule has 0 heterocycles. The Labute approximate surface area is 47.4 Å². The Balaban J connectivity index is 0. The highest BCUT2D eigenvalue weighted by Crippen LogP contribution is 1.44. The Morgan fingerprint density at radius 3 is 1.75 bits per heavy atom. The Morgan fingerprint density at radius 1 is 1.62 bits per heavy atom. The van der Waals surface area contributed by atoms with Crippen LogP contribution in [0.25, 0.3) is 0 Å². The van der Waals surface area contributed by atoms with Crippen molar-refractivity contribution in [3.8, 4) is 0 Å². The van der Waals surface area contributed by atoms with Gasteiger partial charge < -0.3 is 20.6 Å². The van der Waals surface area contributed by atoms with Gasteiger partial charge in [-0.3, -0.25) is 0 Å². The van der Waals surface area contributed by atoms with Gasteiger partial charge in [0, 0.05) is 0 Å².